The average Bonchev–Trinajstić information content (AvgIpc) is 3.10. The molecular weight excluding hydrogens is 647 g/mol. The van der Waals surface area contributed by atoms with Gasteiger partial charge in [-0.15, -0.1) is 0 Å². The number of nitrogens with one attached hydrogen (secondary N) is 1. The Morgan fingerprint density at radius 1 is 0.580 bits per heavy atom. The number of aliphatic hydroxyl groups excluding tert-OH is 1. The minimum atomic E-state index is -4.31. The van der Waals surface area contributed by atoms with Gasteiger partial charge >= 0.3 is 7.82 Å². The number of carbonyl (C=O) groups is 1. The number of carbonyl (C=O) groups excluding carboxylic acids is 1. The minimum absolute atomic E-state index is 0.0924. The fourth-order valence-electron chi connectivity index (χ4n) is 6.67. The van der Waals surface area contributed by atoms with E-state index >= 15 is 0 Å². The van der Waals surface area contributed by atoms with Crippen LogP contribution in [-0.4, -0.2) is 47.8 Å². The molecule has 0 aromatic rings. The Bertz CT molecular complexity index is 759. The molecule has 0 aromatic heterocycles. The lowest BCUT2D eigenvalue weighted by Gasteiger charge is -2.25. The summed E-state index contributed by atoms with van der Waals surface area (Å²) >= 11 is 0. The summed E-state index contributed by atoms with van der Waals surface area (Å²) in [5.74, 6) is -0.157. The summed E-state index contributed by atoms with van der Waals surface area (Å²) in [4.78, 5) is 22.7. The van der Waals surface area contributed by atoms with Crippen molar-refractivity contribution in [2.45, 2.75) is 238 Å². The van der Waals surface area contributed by atoms with E-state index in [1.165, 1.54) is 161 Å². The van der Waals surface area contributed by atoms with Crippen LogP contribution in [0.1, 0.15) is 226 Å². The molecule has 0 spiro atoms. The van der Waals surface area contributed by atoms with Crippen LogP contribution in [0.2, 0.25) is 0 Å². The Morgan fingerprint density at radius 2 is 0.920 bits per heavy atom. The van der Waals surface area contributed by atoms with Crippen LogP contribution in [0.5, 0.6) is 0 Å². The Labute approximate surface area is 310 Å². The van der Waals surface area contributed by atoms with Gasteiger partial charge < -0.3 is 21.1 Å². The lowest BCUT2D eigenvalue weighted by atomic mass is 10.0. The molecule has 5 N–H and O–H groups in total. The summed E-state index contributed by atoms with van der Waals surface area (Å²) in [6, 6.07) is -0.766. The Kier molecular flexibility index (Phi) is 37.8. The Morgan fingerprint density at radius 3 is 1.28 bits per heavy atom. The molecule has 9 heteroatoms. The van der Waals surface area contributed by atoms with E-state index in [-0.39, 0.29) is 25.7 Å². The van der Waals surface area contributed by atoms with Gasteiger partial charge in [-0.2, -0.15) is 0 Å². The quantitative estimate of drug-likeness (QED) is 0.0363. The Balaban J connectivity index is 4.10. The van der Waals surface area contributed by atoms with Gasteiger partial charge in [-0.1, -0.05) is 206 Å². The number of unbranched alkanes of at least 4 members (excludes halogenated alkanes) is 29. The highest BCUT2D eigenvalue weighted by molar-refractivity contribution is 7.47. The third kappa shape index (κ3) is 35.9. The highest BCUT2D eigenvalue weighted by Gasteiger charge is 2.27. The van der Waals surface area contributed by atoms with Crippen molar-refractivity contribution in [3.8, 4) is 0 Å². The van der Waals surface area contributed by atoms with Gasteiger partial charge in [0.05, 0.1) is 25.4 Å². The van der Waals surface area contributed by atoms with Crippen molar-refractivity contribution < 1.29 is 28.4 Å². The van der Waals surface area contributed by atoms with Crippen LogP contribution in [-0.2, 0) is 18.4 Å². The summed E-state index contributed by atoms with van der Waals surface area (Å²) in [6.45, 7) is 4.23. The maximum atomic E-state index is 12.8. The van der Waals surface area contributed by atoms with E-state index < -0.39 is 20.0 Å². The number of aliphatic hydroxyl groups is 1. The van der Waals surface area contributed by atoms with Gasteiger partial charge in [-0.25, -0.2) is 4.57 Å². The number of phosphoric ester groups is 1. The van der Waals surface area contributed by atoms with Crippen LogP contribution in [0.3, 0.4) is 0 Å². The van der Waals surface area contributed by atoms with Crippen LogP contribution in [0, 0.1) is 0 Å². The summed E-state index contributed by atoms with van der Waals surface area (Å²) < 4.78 is 22.2. The highest BCUT2D eigenvalue weighted by atomic mass is 31.2. The second kappa shape index (κ2) is 38.2. The fraction of sp³-hybridized carbons (Fsp3) is 0.976. The van der Waals surface area contributed by atoms with Gasteiger partial charge in [0.25, 0.3) is 0 Å². The van der Waals surface area contributed by atoms with Crippen LogP contribution < -0.4 is 11.1 Å². The number of phosphoric acid groups is 1. The highest BCUT2D eigenvalue weighted by Crippen LogP contribution is 2.43. The zero-order valence-corrected chi connectivity index (χ0v) is 34.1. The number of rotatable bonds is 41. The molecule has 1 amide bonds. The summed E-state index contributed by atoms with van der Waals surface area (Å²) in [5, 5.41) is 13.8. The number of hydrogen-bond acceptors (Lipinski definition) is 6. The summed E-state index contributed by atoms with van der Waals surface area (Å²) in [6.07, 6.45) is 39.6. The van der Waals surface area contributed by atoms with Gasteiger partial charge in [-0.3, -0.25) is 13.8 Å². The van der Waals surface area contributed by atoms with Gasteiger partial charge in [0.15, 0.2) is 0 Å². The third-order valence-electron chi connectivity index (χ3n) is 9.96. The van der Waals surface area contributed by atoms with Crippen LogP contribution in [0.15, 0.2) is 0 Å². The monoisotopic (exact) mass is 733 g/mol. The van der Waals surface area contributed by atoms with E-state index in [0.717, 1.165) is 38.5 Å². The second-order valence-corrected chi connectivity index (χ2v) is 16.4. The molecule has 0 bridgehead atoms. The van der Waals surface area contributed by atoms with Gasteiger partial charge in [0.1, 0.15) is 0 Å². The molecule has 0 aliphatic rings. The van der Waals surface area contributed by atoms with Crippen LogP contribution in [0.4, 0.5) is 0 Å². The van der Waals surface area contributed by atoms with E-state index in [9.17, 15) is 19.4 Å². The standard InChI is InChI=1S/C41H85N2O6P/c1-3-5-7-9-11-13-15-17-18-19-20-21-23-25-27-29-31-33-35-41(45)43-39(38-49-50(46,47)48-37-36-42)40(44)34-32-30-28-26-24-22-16-14-12-10-8-6-4-2/h39-40,44H,3-38,42H2,1-2H3,(H,43,45)(H,46,47)/t39-,40+/m0/s1. The molecule has 0 saturated heterocycles. The van der Waals surface area contributed by atoms with E-state index in [1.54, 1.807) is 0 Å². The van der Waals surface area contributed by atoms with Gasteiger partial charge in [0, 0.05) is 13.0 Å². The molecule has 0 saturated carbocycles. The zero-order chi connectivity index (χ0) is 36.8. The first kappa shape index (κ1) is 49.5. The lowest BCUT2D eigenvalue weighted by molar-refractivity contribution is -0.123. The normalized spacial score (nSPS) is 14.1. The molecule has 0 aromatic carbocycles. The topological polar surface area (TPSA) is 131 Å². The molecular formula is C41H85N2O6P. The van der Waals surface area contributed by atoms with E-state index in [4.69, 9.17) is 14.8 Å². The van der Waals surface area contributed by atoms with Crippen molar-refractivity contribution in [1.82, 2.24) is 5.32 Å². The second-order valence-electron chi connectivity index (χ2n) is 14.9. The van der Waals surface area contributed by atoms with Gasteiger partial charge in [0.2, 0.25) is 5.91 Å². The fourth-order valence-corrected chi connectivity index (χ4v) is 7.43. The first-order valence-corrected chi connectivity index (χ1v) is 23.1. The predicted molar refractivity (Wildman–Crippen MR) is 212 cm³/mol. The van der Waals surface area contributed by atoms with Crippen molar-refractivity contribution in [2.75, 3.05) is 19.8 Å². The molecule has 50 heavy (non-hydrogen) atoms. The van der Waals surface area contributed by atoms with E-state index in [1.807, 2.05) is 0 Å². The van der Waals surface area contributed by atoms with Crippen molar-refractivity contribution >= 4 is 13.7 Å². The first-order valence-electron chi connectivity index (χ1n) is 21.7. The minimum Gasteiger partial charge on any atom is -0.391 e. The lowest BCUT2D eigenvalue weighted by Crippen LogP contribution is -2.46. The molecule has 300 valence electrons. The third-order valence-corrected chi connectivity index (χ3v) is 10.9. The maximum absolute atomic E-state index is 12.8. The number of nitrogens with two attached hydrogens (primary N) is 1. The molecule has 3 atom stereocenters. The summed E-state index contributed by atoms with van der Waals surface area (Å²) in [5.41, 5.74) is 5.37. The summed E-state index contributed by atoms with van der Waals surface area (Å²) in [7, 11) is -4.31. The smallest absolute Gasteiger partial charge is 0.391 e. The molecule has 0 rings (SSSR count). The Hall–Kier alpha value is -0.500. The number of amides is 1. The SMILES string of the molecule is CCCCCCCCCCCCCCCCCCCCC(=O)N[C@@H](COP(=O)(O)OCCN)[C@H](O)CCCCCCCCCCCCCCC. The van der Waals surface area contributed by atoms with Crippen molar-refractivity contribution in [2.24, 2.45) is 5.73 Å². The molecule has 1 unspecified atom stereocenters. The predicted octanol–water partition coefficient (Wildman–Crippen LogP) is 11.8. The molecule has 0 aliphatic heterocycles. The van der Waals surface area contributed by atoms with Gasteiger partial charge in [-0.05, 0) is 12.8 Å². The maximum Gasteiger partial charge on any atom is 0.472 e. The number of hydrogen-bond donors (Lipinski definition) is 4. The van der Waals surface area contributed by atoms with Crippen molar-refractivity contribution in [3.63, 3.8) is 0 Å². The largest absolute Gasteiger partial charge is 0.472 e. The van der Waals surface area contributed by atoms with Crippen LogP contribution >= 0.6 is 7.82 Å². The van der Waals surface area contributed by atoms with Crippen molar-refractivity contribution in [3.05, 3.63) is 0 Å². The first-order chi connectivity index (χ1) is 24.4. The zero-order valence-electron chi connectivity index (χ0n) is 33.2. The molecule has 8 nitrogen and oxygen atoms in total. The molecule has 0 fully saturated rings. The molecule has 0 aliphatic carbocycles. The average molecular weight is 733 g/mol. The van der Waals surface area contributed by atoms with Crippen molar-refractivity contribution in [1.29, 1.82) is 0 Å². The van der Waals surface area contributed by atoms with E-state index in [2.05, 4.69) is 19.2 Å². The molecule has 0 radical (unpaired) electrons. The van der Waals surface area contributed by atoms with E-state index in [0.29, 0.717) is 12.8 Å². The van der Waals surface area contributed by atoms with Crippen LogP contribution in [0.25, 0.3) is 0 Å². The molecule has 0 heterocycles.